The summed E-state index contributed by atoms with van der Waals surface area (Å²) in [5.74, 6) is -0.911. The highest BCUT2D eigenvalue weighted by atomic mass is 35.5. The lowest BCUT2D eigenvalue weighted by molar-refractivity contribution is 0.170. The molecule has 0 radical (unpaired) electrons. The number of nitriles is 1. The van der Waals surface area contributed by atoms with E-state index in [-0.39, 0.29) is 22.4 Å². The first-order valence-electron chi connectivity index (χ1n) is 6.53. The van der Waals surface area contributed by atoms with Crippen LogP contribution in [0.1, 0.15) is 32.3 Å². The Labute approximate surface area is 129 Å². The summed E-state index contributed by atoms with van der Waals surface area (Å²) in [4.78, 5) is 2.19. The number of benzene rings is 1. The predicted octanol–water partition coefficient (Wildman–Crippen LogP) is 4.47. The van der Waals surface area contributed by atoms with E-state index in [4.69, 9.17) is 23.2 Å². The largest absolute Gasteiger partial charge is 0.297 e. The second-order valence-electron chi connectivity index (χ2n) is 6.21. The minimum absolute atomic E-state index is 0.0124. The Kier molecular flexibility index (Phi) is 4.30. The molecule has 2 nitrogen and oxygen atoms in total. The van der Waals surface area contributed by atoms with Gasteiger partial charge in [0.1, 0.15) is 5.82 Å². The summed E-state index contributed by atoms with van der Waals surface area (Å²) in [6.07, 6.45) is 0. The highest BCUT2D eigenvalue weighted by Crippen LogP contribution is 2.39. The first kappa shape index (κ1) is 15.6. The zero-order chi connectivity index (χ0) is 15.1. The summed E-state index contributed by atoms with van der Waals surface area (Å²) < 4.78 is 14.2. The van der Waals surface area contributed by atoms with Gasteiger partial charge in [-0.05, 0) is 38.5 Å². The third kappa shape index (κ3) is 2.93. The van der Waals surface area contributed by atoms with Gasteiger partial charge in [-0.25, -0.2) is 4.39 Å². The molecule has 1 aromatic carbocycles. The second kappa shape index (κ2) is 5.52. The SMILES string of the molecule is CC(C)(C)N1C[C@@H](C#N)[C@H](c2cc(Cl)cc(Cl)c2F)C1. The molecule has 1 saturated heterocycles. The molecule has 108 valence electrons. The Bertz CT molecular complexity index is 560. The first-order chi connectivity index (χ1) is 9.24. The first-order valence-corrected chi connectivity index (χ1v) is 7.28. The summed E-state index contributed by atoms with van der Waals surface area (Å²) >= 11 is 11.8. The van der Waals surface area contributed by atoms with Crippen LogP contribution in [-0.2, 0) is 0 Å². The average Bonchev–Trinajstić information content (AvgIpc) is 2.77. The lowest BCUT2D eigenvalue weighted by Crippen LogP contribution is -2.39. The molecular formula is C15H17Cl2FN2. The molecule has 1 aliphatic rings. The molecule has 2 atom stereocenters. The third-order valence-electron chi connectivity index (χ3n) is 3.85. The molecule has 1 aliphatic heterocycles. The minimum atomic E-state index is -0.461. The highest BCUT2D eigenvalue weighted by Gasteiger charge is 2.39. The number of rotatable bonds is 1. The van der Waals surface area contributed by atoms with Crippen molar-refractivity contribution in [3.8, 4) is 6.07 Å². The van der Waals surface area contributed by atoms with Crippen LogP contribution in [0.15, 0.2) is 12.1 Å². The molecule has 0 saturated carbocycles. The number of halogens is 3. The molecule has 1 heterocycles. The molecule has 20 heavy (non-hydrogen) atoms. The van der Waals surface area contributed by atoms with Gasteiger partial charge in [0, 0.05) is 29.6 Å². The molecule has 0 bridgehead atoms. The third-order valence-corrected chi connectivity index (χ3v) is 4.35. The normalized spacial score (nSPS) is 23.9. The maximum atomic E-state index is 14.2. The van der Waals surface area contributed by atoms with Crippen LogP contribution in [-0.4, -0.2) is 23.5 Å². The lowest BCUT2D eigenvalue weighted by atomic mass is 9.89. The van der Waals surface area contributed by atoms with E-state index in [9.17, 15) is 9.65 Å². The van der Waals surface area contributed by atoms with Gasteiger partial charge in [0.2, 0.25) is 0 Å². The van der Waals surface area contributed by atoms with Crippen molar-refractivity contribution in [2.75, 3.05) is 13.1 Å². The van der Waals surface area contributed by atoms with Crippen molar-refractivity contribution in [2.24, 2.45) is 5.92 Å². The van der Waals surface area contributed by atoms with Crippen molar-refractivity contribution >= 4 is 23.2 Å². The van der Waals surface area contributed by atoms with E-state index in [0.29, 0.717) is 23.7 Å². The minimum Gasteiger partial charge on any atom is -0.297 e. The van der Waals surface area contributed by atoms with Gasteiger partial charge in [-0.1, -0.05) is 23.2 Å². The van der Waals surface area contributed by atoms with Gasteiger partial charge in [0.05, 0.1) is 17.0 Å². The van der Waals surface area contributed by atoms with Gasteiger partial charge in [0.15, 0.2) is 0 Å². The number of likely N-dealkylation sites (tertiary alicyclic amines) is 1. The average molecular weight is 315 g/mol. The maximum Gasteiger partial charge on any atom is 0.145 e. The summed E-state index contributed by atoms with van der Waals surface area (Å²) in [6, 6.07) is 5.26. The molecule has 0 N–H and O–H groups in total. The molecular weight excluding hydrogens is 298 g/mol. The fourth-order valence-electron chi connectivity index (χ4n) is 2.64. The summed E-state index contributed by atoms with van der Waals surface area (Å²) in [5, 5.41) is 9.76. The zero-order valence-corrected chi connectivity index (χ0v) is 13.3. The van der Waals surface area contributed by atoms with Crippen LogP contribution in [0.5, 0.6) is 0 Å². The van der Waals surface area contributed by atoms with Crippen molar-refractivity contribution in [3.05, 3.63) is 33.6 Å². The van der Waals surface area contributed by atoms with Crippen LogP contribution in [0.2, 0.25) is 10.0 Å². The summed E-state index contributed by atoms with van der Waals surface area (Å²) in [5.41, 5.74) is 0.392. The van der Waals surface area contributed by atoms with Gasteiger partial charge in [0.25, 0.3) is 0 Å². The molecule has 0 unspecified atom stereocenters. The molecule has 1 fully saturated rings. The van der Waals surface area contributed by atoms with Crippen molar-refractivity contribution in [3.63, 3.8) is 0 Å². The Morgan fingerprint density at radius 2 is 1.95 bits per heavy atom. The fourth-order valence-corrected chi connectivity index (χ4v) is 3.15. The Morgan fingerprint density at radius 3 is 2.50 bits per heavy atom. The smallest absolute Gasteiger partial charge is 0.145 e. The number of nitrogens with zero attached hydrogens (tertiary/aromatic N) is 2. The van der Waals surface area contributed by atoms with E-state index >= 15 is 0 Å². The van der Waals surface area contributed by atoms with Crippen molar-refractivity contribution < 1.29 is 4.39 Å². The number of hydrogen-bond acceptors (Lipinski definition) is 2. The second-order valence-corrected chi connectivity index (χ2v) is 7.05. The van der Waals surface area contributed by atoms with Gasteiger partial charge in [-0.2, -0.15) is 5.26 Å². The van der Waals surface area contributed by atoms with Gasteiger partial charge < -0.3 is 0 Å². The van der Waals surface area contributed by atoms with Crippen molar-refractivity contribution in [1.29, 1.82) is 5.26 Å². The van der Waals surface area contributed by atoms with Gasteiger partial charge >= 0.3 is 0 Å². The van der Waals surface area contributed by atoms with Crippen molar-refractivity contribution in [1.82, 2.24) is 4.90 Å². The van der Waals surface area contributed by atoms with Crippen LogP contribution in [0, 0.1) is 23.1 Å². The van der Waals surface area contributed by atoms with Crippen LogP contribution in [0.3, 0.4) is 0 Å². The predicted molar refractivity (Wildman–Crippen MR) is 79.6 cm³/mol. The van der Waals surface area contributed by atoms with E-state index in [1.807, 2.05) is 0 Å². The Morgan fingerprint density at radius 1 is 1.30 bits per heavy atom. The summed E-state index contributed by atoms with van der Waals surface area (Å²) in [7, 11) is 0. The Balaban J connectivity index is 2.40. The van der Waals surface area contributed by atoms with Crippen LogP contribution in [0.4, 0.5) is 4.39 Å². The molecule has 0 aromatic heterocycles. The highest BCUT2D eigenvalue weighted by molar-refractivity contribution is 6.34. The molecule has 2 rings (SSSR count). The molecule has 1 aromatic rings. The molecule has 5 heteroatoms. The van der Waals surface area contributed by atoms with Crippen LogP contribution in [0.25, 0.3) is 0 Å². The maximum absolute atomic E-state index is 14.2. The van der Waals surface area contributed by atoms with E-state index < -0.39 is 5.82 Å². The zero-order valence-electron chi connectivity index (χ0n) is 11.8. The number of hydrogen-bond donors (Lipinski definition) is 0. The Hall–Kier alpha value is -0.820. The molecule has 0 aliphatic carbocycles. The van der Waals surface area contributed by atoms with E-state index in [1.165, 1.54) is 6.07 Å². The lowest BCUT2D eigenvalue weighted by Gasteiger charge is -2.31. The van der Waals surface area contributed by atoms with E-state index in [1.54, 1.807) is 6.07 Å². The summed E-state index contributed by atoms with van der Waals surface area (Å²) in [6.45, 7) is 7.53. The fraction of sp³-hybridized carbons (Fsp3) is 0.533. The van der Waals surface area contributed by atoms with Crippen LogP contribution >= 0.6 is 23.2 Å². The monoisotopic (exact) mass is 314 g/mol. The molecule has 0 spiro atoms. The topological polar surface area (TPSA) is 27.0 Å². The quantitative estimate of drug-likeness (QED) is 0.715. The van der Waals surface area contributed by atoms with Crippen molar-refractivity contribution in [2.45, 2.75) is 32.2 Å². The van der Waals surface area contributed by atoms with Gasteiger partial charge in [-0.3, -0.25) is 4.90 Å². The molecule has 0 amide bonds. The standard InChI is InChI=1S/C15H17Cl2FN2/c1-15(2,3)20-7-9(6-19)12(8-20)11-4-10(16)5-13(17)14(11)18/h4-5,9,12H,7-8H2,1-3H3/t9-,12-/m1/s1. The van der Waals surface area contributed by atoms with E-state index in [0.717, 1.165) is 0 Å². The van der Waals surface area contributed by atoms with Gasteiger partial charge in [-0.15, -0.1) is 0 Å². The van der Waals surface area contributed by atoms with Crippen LogP contribution < -0.4 is 0 Å². The van der Waals surface area contributed by atoms with E-state index in [2.05, 4.69) is 31.7 Å².